The van der Waals surface area contributed by atoms with Crippen molar-refractivity contribution in [3.8, 4) is 0 Å². The maximum absolute atomic E-state index is 12.2. The summed E-state index contributed by atoms with van der Waals surface area (Å²) in [6.07, 6.45) is 1.62. The van der Waals surface area contributed by atoms with E-state index in [4.69, 9.17) is 0 Å². The topological polar surface area (TPSA) is 77.2 Å². The highest BCUT2D eigenvalue weighted by Gasteiger charge is 2.13. The van der Waals surface area contributed by atoms with Gasteiger partial charge in [-0.1, -0.05) is 18.2 Å². The third-order valence-corrected chi connectivity index (χ3v) is 3.77. The number of rotatable bonds is 3. The molecule has 1 aromatic heterocycles. The Balaban J connectivity index is 1.66. The van der Waals surface area contributed by atoms with Gasteiger partial charge in [0.2, 0.25) is 0 Å². The number of nitrogens with zero attached hydrogens (tertiary/aromatic N) is 1. The van der Waals surface area contributed by atoms with Crippen LogP contribution in [0.5, 0.6) is 0 Å². The molecule has 3 aromatic rings. The number of nitrogens with one attached hydrogen (secondary N) is 3. The van der Waals surface area contributed by atoms with Crippen molar-refractivity contribution in [3.05, 3.63) is 65.9 Å². The molecule has 122 valence electrons. The number of hydrazine groups is 1. The fourth-order valence-electron chi connectivity index (χ4n) is 2.42. The van der Waals surface area contributed by atoms with Gasteiger partial charge in [-0.3, -0.25) is 20.4 Å². The van der Waals surface area contributed by atoms with E-state index >= 15 is 0 Å². The SMILES string of the molecule is CN(C)c1ccc(C(=O)NNC(=O)c2c[nH]c3ccccc23)cc1. The van der Waals surface area contributed by atoms with Crippen molar-refractivity contribution >= 4 is 28.4 Å². The number of aromatic nitrogens is 1. The Bertz CT molecular complexity index is 881. The number of para-hydroxylation sites is 1. The van der Waals surface area contributed by atoms with Crippen LogP contribution in [0, 0.1) is 0 Å². The Hall–Kier alpha value is -3.28. The summed E-state index contributed by atoms with van der Waals surface area (Å²) >= 11 is 0. The first kappa shape index (κ1) is 15.6. The van der Waals surface area contributed by atoms with Gasteiger partial charge in [-0.15, -0.1) is 0 Å². The minimum atomic E-state index is -0.370. The molecular weight excluding hydrogens is 304 g/mol. The quantitative estimate of drug-likeness (QED) is 0.648. The second-order valence-electron chi connectivity index (χ2n) is 5.60. The molecule has 0 saturated heterocycles. The van der Waals surface area contributed by atoms with E-state index in [-0.39, 0.29) is 11.8 Å². The first-order chi connectivity index (χ1) is 11.6. The van der Waals surface area contributed by atoms with Gasteiger partial charge < -0.3 is 9.88 Å². The van der Waals surface area contributed by atoms with Crippen LogP contribution in [0.2, 0.25) is 0 Å². The number of aromatic amines is 1. The molecule has 0 aliphatic rings. The molecule has 0 aliphatic heterocycles. The van der Waals surface area contributed by atoms with Gasteiger partial charge in [0.15, 0.2) is 0 Å². The molecule has 6 heteroatoms. The molecule has 0 unspecified atom stereocenters. The van der Waals surface area contributed by atoms with Gasteiger partial charge in [-0.25, -0.2) is 0 Å². The van der Waals surface area contributed by atoms with Crippen LogP contribution in [0.25, 0.3) is 10.9 Å². The lowest BCUT2D eigenvalue weighted by Gasteiger charge is -2.12. The van der Waals surface area contributed by atoms with Crippen molar-refractivity contribution < 1.29 is 9.59 Å². The Morgan fingerprint density at radius 1 is 0.917 bits per heavy atom. The second kappa shape index (κ2) is 6.45. The lowest BCUT2D eigenvalue weighted by atomic mass is 10.1. The molecule has 1 heterocycles. The van der Waals surface area contributed by atoms with E-state index < -0.39 is 0 Å². The molecule has 0 saturated carbocycles. The van der Waals surface area contributed by atoms with E-state index in [0.717, 1.165) is 16.6 Å². The van der Waals surface area contributed by atoms with Crippen LogP contribution in [0.1, 0.15) is 20.7 Å². The third kappa shape index (κ3) is 3.08. The fraction of sp³-hybridized carbons (Fsp3) is 0.111. The van der Waals surface area contributed by atoms with Crippen LogP contribution in [-0.4, -0.2) is 30.9 Å². The number of anilines is 1. The van der Waals surface area contributed by atoms with Crippen LogP contribution in [0.15, 0.2) is 54.7 Å². The number of benzene rings is 2. The van der Waals surface area contributed by atoms with E-state index in [1.807, 2.05) is 55.4 Å². The molecule has 0 atom stereocenters. The Labute approximate surface area is 139 Å². The zero-order valence-electron chi connectivity index (χ0n) is 13.5. The maximum Gasteiger partial charge on any atom is 0.271 e. The average molecular weight is 322 g/mol. The molecular formula is C18H18N4O2. The predicted octanol–water partition coefficient (Wildman–Crippen LogP) is 2.31. The molecule has 24 heavy (non-hydrogen) atoms. The zero-order chi connectivity index (χ0) is 17.1. The van der Waals surface area contributed by atoms with Crippen molar-refractivity contribution in [3.63, 3.8) is 0 Å². The molecule has 0 spiro atoms. The van der Waals surface area contributed by atoms with E-state index in [2.05, 4.69) is 15.8 Å². The summed E-state index contributed by atoms with van der Waals surface area (Å²) in [4.78, 5) is 29.3. The highest BCUT2D eigenvalue weighted by Crippen LogP contribution is 2.17. The second-order valence-corrected chi connectivity index (χ2v) is 5.60. The van der Waals surface area contributed by atoms with Crippen molar-refractivity contribution in [1.29, 1.82) is 0 Å². The lowest BCUT2D eigenvalue weighted by molar-refractivity contribution is 0.0847. The highest BCUT2D eigenvalue weighted by molar-refractivity contribution is 6.07. The van der Waals surface area contributed by atoms with Crippen LogP contribution in [0.4, 0.5) is 5.69 Å². The predicted molar refractivity (Wildman–Crippen MR) is 94.0 cm³/mol. The van der Waals surface area contributed by atoms with Crippen molar-refractivity contribution in [2.45, 2.75) is 0 Å². The number of hydrogen-bond donors (Lipinski definition) is 3. The number of fused-ring (bicyclic) bond motifs is 1. The molecule has 0 bridgehead atoms. The van der Waals surface area contributed by atoms with Gasteiger partial charge in [0.25, 0.3) is 11.8 Å². The van der Waals surface area contributed by atoms with E-state index in [9.17, 15) is 9.59 Å². The Morgan fingerprint density at radius 3 is 2.29 bits per heavy atom. The number of carbonyl (C=O) groups excluding carboxylic acids is 2. The normalized spacial score (nSPS) is 10.4. The van der Waals surface area contributed by atoms with Crippen LogP contribution >= 0.6 is 0 Å². The largest absolute Gasteiger partial charge is 0.378 e. The third-order valence-electron chi connectivity index (χ3n) is 3.77. The minimum absolute atomic E-state index is 0.367. The van der Waals surface area contributed by atoms with Crippen molar-refractivity contribution in [2.24, 2.45) is 0 Å². The van der Waals surface area contributed by atoms with E-state index in [1.54, 1.807) is 18.3 Å². The summed E-state index contributed by atoms with van der Waals surface area (Å²) in [6, 6.07) is 14.6. The zero-order valence-corrected chi connectivity index (χ0v) is 13.5. The maximum atomic E-state index is 12.2. The summed E-state index contributed by atoms with van der Waals surface area (Å²) in [5, 5.41) is 0.805. The van der Waals surface area contributed by atoms with Crippen LogP contribution in [0.3, 0.4) is 0 Å². The average Bonchev–Trinajstić information content (AvgIpc) is 3.03. The first-order valence-electron chi connectivity index (χ1n) is 7.50. The summed E-state index contributed by atoms with van der Waals surface area (Å²) in [7, 11) is 3.85. The van der Waals surface area contributed by atoms with Crippen LogP contribution < -0.4 is 15.8 Å². The van der Waals surface area contributed by atoms with Gasteiger partial charge in [0.05, 0.1) is 5.56 Å². The lowest BCUT2D eigenvalue weighted by Crippen LogP contribution is -2.41. The van der Waals surface area contributed by atoms with E-state index in [1.165, 1.54) is 0 Å². The number of hydrogen-bond acceptors (Lipinski definition) is 3. The fourth-order valence-corrected chi connectivity index (χ4v) is 2.42. The molecule has 2 aromatic carbocycles. The Kier molecular flexibility index (Phi) is 4.20. The molecule has 2 amide bonds. The van der Waals surface area contributed by atoms with E-state index in [0.29, 0.717) is 11.1 Å². The summed E-state index contributed by atoms with van der Waals surface area (Å²) in [5.74, 6) is -0.737. The molecule has 0 aliphatic carbocycles. The van der Waals surface area contributed by atoms with Gasteiger partial charge >= 0.3 is 0 Å². The number of carbonyl (C=O) groups is 2. The van der Waals surface area contributed by atoms with Gasteiger partial charge in [-0.2, -0.15) is 0 Å². The number of H-pyrrole nitrogens is 1. The molecule has 0 radical (unpaired) electrons. The van der Waals surface area contributed by atoms with Crippen LogP contribution in [-0.2, 0) is 0 Å². The summed E-state index contributed by atoms with van der Waals surface area (Å²) in [6.45, 7) is 0. The Morgan fingerprint density at radius 2 is 1.58 bits per heavy atom. The molecule has 0 fully saturated rings. The molecule has 6 nitrogen and oxygen atoms in total. The standard InChI is InChI=1S/C18H18N4O2/c1-22(2)13-9-7-12(8-10-13)17(23)20-21-18(24)15-11-19-16-6-4-3-5-14(15)16/h3-11,19H,1-2H3,(H,20,23)(H,21,24). The van der Waals surface area contributed by atoms with Gasteiger partial charge in [-0.05, 0) is 30.3 Å². The molecule has 3 N–H and O–H groups in total. The number of amides is 2. The van der Waals surface area contributed by atoms with Gasteiger partial charge in [0, 0.05) is 42.4 Å². The van der Waals surface area contributed by atoms with Crippen molar-refractivity contribution in [1.82, 2.24) is 15.8 Å². The van der Waals surface area contributed by atoms with Crippen molar-refractivity contribution in [2.75, 3.05) is 19.0 Å². The molecule has 3 rings (SSSR count). The summed E-state index contributed by atoms with van der Waals surface area (Å²) in [5.41, 5.74) is 7.69. The monoisotopic (exact) mass is 322 g/mol. The smallest absolute Gasteiger partial charge is 0.271 e. The highest BCUT2D eigenvalue weighted by atomic mass is 16.2. The first-order valence-corrected chi connectivity index (χ1v) is 7.50. The van der Waals surface area contributed by atoms with Gasteiger partial charge in [0.1, 0.15) is 0 Å². The minimum Gasteiger partial charge on any atom is -0.378 e. The summed E-state index contributed by atoms with van der Waals surface area (Å²) < 4.78 is 0.